The molecule has 3 nitrogen and oxygen atoms in total. The Hall–Kier alpha value is -0.230. The van der Waals surface area contributed by atoms with Gasteiger partial charge in [0.1, 0.15) is 6.10 Å². The SMILES string of the molecule is O=C(CCC1OC1O)c1cc(Br)ccc1Br. The topological polar surface area (TPSA) is 49.8 Å². The maximum atomic E-state index is 11.9. The number of benzene rings is 1. The van der Waals surface area contributed by atoms with Crippen LogP contribution >= 0.6 is 31.9 Å². The van der Waals surface area contributed by atoms with Crippen molar-refractivity contribution in [2.45, 2.75) is 25.2 Å². The van der Waals surface area contributed by atoms with E-state index in [2.05, 4.69) is 31.9 Å². The Kier molecular flexibility index (Phi) is 3.79. The first-order chi connectivity index (χ1) is 7.58. The van der Waals surface area contributed by atoms with E-state index in [4.69, 9.17) is 9.84 Å². The standard InChI is InChI=1S/C11H10Br2O3/c12-6-1-2-8(13)7(5-6)9(14)3-4-10-11(15)16-10/h1-2,5,10-11,15H,3-4H2. The van der Waals surface area contributed by atoms with Gasteiger partial charge < -0.3 is 9.84 Å². The highest BCUT2D eigenvalue weighted by Crippen LogP contribution is 2.27. The molecule has 1 aromatic carbocycles. The fourth-order valence-corrected chi connectivity index (χ4v) is 2.29. The number of ketones is 1. The van der Waals surface area contributed by atoms with Crippen molar-refractivity contribution in [2.24, 2.45) is 0 Å². The number of aliphatic hydroxyl groups is 1. The summed E-state index contributed by atoms with van der Waals surface area (Å²) in [5.41, 5.74) is 0.657. The molecule has 5 heteroatoms. The molecule has 0 radical (unpaired) electrons. The highest BCUT2D eigenvalue weighted by Gasteiger charge is 2.36. The van der Waals surface area contributed by atoms with Crippen LogP contribution in [-0.2, 0) is 4.74 Å². The molecule has 1 fully saturated rings. The van der Waals surface area contributed by atoms with Gasteiger partial charge in [-0.3, -0.25) is 4.79 Å². The number of hydrogen-bond donors (Lipinski definition) is 1. The number of aliphatic hydroxyl groups excluding tert-OH is 1. The van der Waals surface area contributed by atoms with E-state index in [-0.39, 0.29) is 11.9 Å². The van der Waals surface area contributed by atoms with Crippen molar-refractivity contribution in [3.63, 3.8) is 0 Å². The quantitative estimate of drug-likeness (QED) is 0.671. The number of carbonyl (C=O) groups excluding carboxylic acids is 1. The van der Waals surface area contributed by atoms with Crippen molar-refractivity contribution in [1.82, 2.24) is 0 Å². The van der Waals surface area contributed by atoms with E-state index in [1.807, 2.05) is 12.1 Å². The maximum Gasteiger partial charge on any atom is 0.181 e. The highest BCUT2D eigenvalue weighted by atomic mass is 79.9. The van der Waals surface area contributed by atoms with Gasteiger partial charge in [-0.05, 0) is 24.6 Å². The van der Waals surface area contributed by atoms with Crippen LogP contribution in [0, 0.1) is 0 Å². The van der Waals surface area contributed by atoms with E-state index in [1.54, 1.807) is 6.07 Å². The van der Waals surface area contributed by atoms with Crippen LogP contribution in [0.2, 0.25) is 0 Å². The molecule has 0 amide bonds. The summed E-state index contributed by atoms with van der Waals surface area (Å²) in [5, 5.41) is 8.96. The van der Waals surface area contributed by atoms with Gasteiger partial charge in [0.2, 0.25) is 0 Å². The lowest BCUT2D eigenvalue weighted by Crippen LogP contribution is -2.03. The van der Waals surface area contributed by atoms with Crippen LogP contribution in [-0.4, -0.2) is 23.3 Å². The third-order valence-corrected chi connectivity index (χ3v) is 3.63. The molecular weight excluding hydrogens is 340 g/mol. The van der Waals surface area contributed by atoms with Crippen LogP contribution in [0.5, 0.6) is 0 Å². The lowest BCUT2D eigenvalue weighted by molar-refractivity contribution is 0.0975. The third kappa shape index (κ3) is 2.91. The number of Topliss-reactive ketones (excluding diaryl/α,β-unsaturated/α-hetero) is 1. The van der Waals surface area contributed by atoms with Gasteiger partial charge in [-0.25, -0.2) is 0 Å². The van der Waals surface area contributed by atoms with Crippen LogP contribution in [0.1, 0.15) is 23.2 Å². The second kappa shape index (κ2) is 4.96. The first-order valence-corrected chi connectivity index (χ1v) is 6.48. The van der Waals surface area contributed by atoms with Crippen molar-refractivity contribution < 1.29 is 14.6 Å². The molecule has 2 atom stereocenters. The number of carbonyl (C=O) groups is 1. The van der Waals surface area contributed by atoms with Crippen molar-refractivity contribution in [3.05, 3.63) is 32.7 Å². The molecule has 2 unspecified atom stereocenters. The first kappa shape index (κ1) is 12.2. The number of ether oxygens (including phenoxy) is 1. The number of rotatable bonds is 4. The summed E-state index contributed by atoms with van der Waals surface area (Å²) in [4.78, 5) is 11.9. The Morgan fingerprint density at radius 1 is 1.44 bits per heavy atom. The minimum absolute atomic E-state index is 0.0517. The van der Waals surface area contributed by atoms with Gasteiger partial charge in [0.05, 0.1) is 0 Å². The molecule has 1 aromatic rings. The van der Waals surface area contributed by atoms with E-state index < -0.39 is 6.29 Å². The van der Waals surface area contributed by atoms with Crippen LogP contribution < -0.4 is 0 Å². The molecule has 1 aliphatic rings. The largest absolute Gasteiger partial charge is 0.366 e. The molecule has 16 heavy (non-hydrogen) atoms. The molecule has 86 valence electrons. The van der Waals surface area contributed by atoms with Gasteiger partial charge >= 0.3 is 0 Å². The number of hydrogen-bond acceptors (Lipinski definition) is 3. The monoisotopic (exact) mass is 348 g/mol. The number of halogens is 2. The zero-order chi connectivity index (χ0) is 11.7. The van der Waals surface area contributed by atoms with Crippen molar-refractivity contribution in [1.29, 1.82) is 0 Å². The number of epoxide rings is 1. The first-order valence-electron chi connectivity index (χ1n) is 4.89. The van der Waals surface area contributed by atoms with Crippen molar-refractivity contribution in [3.8, 4) is 0 Å². The summed E-state index contributed by atoms with van der Waals surface area (Å²) in [7, 11) is 0. The summed E-state index contributed by atoms with van der Waals surface area (Å²) in [6.45, 7) is 0. The van der Waals surface area contributed by atoms with Crippen molar-refractivity contribution in [2.75, 3.05) is 0 Å². The van der Waals surface area contributed by atoms with Gasteiger partial charge in [-0.15, -0.1) is 0 Å². The molecule has 0 bridgehead atoms. The van der Waals surface area contributed by atoms with Crippen LogP contribution in [0.4, 0.5) is 0 Å². The van der Waals surface area contributed by atoms with Crippen LogP contribution in [0.25, 0.3) is 0 Å². The predicted molar refractivity (Wildman–Crippen MR) is 66.3 cm³/mol. The molecule has 1 saturated heterocycles. The molecule has 0 aromatic heterocycles. The Bertz CT molecular complexity index is 420. The lowest BCUT2D eigenvalue weighted by atomic mass is 10.1. The highest BCUT2D eigenvalue weighted by molar-refractivity contribution is 9.11. The van der Waals surface area contributed by atoms with Crippen LogP contribution in [0.15, 0.2) is 27.1 Å². The Labute approximate surface area is 110 Å². The minimum atomic E-state index is -0.668. The van der Waals surface area contributed by atoms with E-state index in [1.165, 1.54) is 0 Å². The molecule has 1 N–H and O–H groups in total. The molecule has 0 aliphatic carbocycles. The molecular formula is C11H10Br2O3. The lowest BCUT2D eigenvalue weighted by Gasteiger charge is -2.03. The Balaban J connectivity index is 1.99. The van der Waals surface area contributed by atoms with E-state index in [9.17, 15) is 4.79 Å². The summed E-state index contributed by atoms with van der Waals surface area (Å²) < 4.78 is 6.51. The molecule has 1 aliphatic heterocycles. The summed E-state index contributed by atoms with van der Waals surface area (Å²) in [6, 6.07) is 5.49. The smallest absolute Gasteiger partial charge is 0.181 e. The van der Waals surface area contributed by atoms with E-state index in [0.717, 1.165) is 8.95 Å². The summed E-state index contributed by atoms with van der Waals surface area (Å²) >= 11 is 6.67. The molecule has 1 heterocycles. The van der Waals surface area contributed by atoms with Crippen LogP contribution in [0.3, 0.4) is 0 Å². The van der Waals surface area contributed by atoms with Gasteiger partial charge in [-0.1, -0.05) is 31.9 Å². The van der Waals surface area contributed by atoms with Crippen molar-refractivity contribution >= 4 is 37.6 Å². The third-order valence-electron chi connectivity index (χ3n) is 2.44. The fourth-order valence-electron chi connectivity index (χ4n) is 1.46. The molecule has 0 saturated carbocycles. The fraction of sp³-hybridized carbons (Fsp3) is 0.364. The zero-order valence-electron chi connectivity index (χ0n) is 8.32. The second-order valence-corrected chi connectivity index (χ2v) is 5.42. The predicted octanol–water partition coefficient (Wildman–Crippen LogP) is 2.89. The molecule has 0 spiro atoms. The van der Waals surface area contributed by atoms with Gasteiger partial charge in [0.15, 0.2) is 12.1 Å². The maximum absolute atomic E-state index is 11.9. The zero-order valence-corrected chi connectivity index (χ0v) is 11.5. The summed E-state index contributed by atoms with van der Waals surface area (Å²) in [5.74, 6) is 0.0517. The average Bonchev–Trinajstić information content (AvgIpc) is 2.95. The van der Waals surface area contributed by atoms with Gasteiger partial charge in [0.25, 0.3) is 0 Å². The second-order valence-electron chi connectivity index (χ2n) is 3.65. The Morgan fingerprint density at radius 3 is 2.75 bits per heavy atom. The van der Waals surface area contributed by atoms with E-state index >= 15 is 0 Å². The van der Waals surface area contributed by atoms with E-state index in [0.29, 0.717) is 18.4 Å². The molecule has 2 rings (SSSR count). The minimum Gasteiger partial charge on any atom is -0.366 e. The normalized spacial score (nSPS) is 23.2. The average molecular weight is 350 g/mol. The van der Waals surface area contributed by atoms with Gasteiger partial charge in [0, 0.05) is 20.9 Å². The summed E-state index contributed by atoms with van der Waals surface area (Å²) in [6.07, 6.45) is 0.129. The van der Waals surface area contributed by atoms with Gasteiger partial charge in [-0.2, -0.15) is 0 Å². The Morgan fingerprint density at radius 2 is 2.12 bits per heavy atom.